The van der Waals surface area contributed by atoms with Crippen molar-refractivity contribution in [2.24, 2.45) is 0 Å². The van der Waals surface area contributed by atoms with Crippen molar-refractivity contribution in [3.8, 4) is 11.4 Å². The first-order valence-electron chi connectivity index (χ1n) is 9.78. The van der Waals surface area contributed by atoms with Gasteiger partial charge >= 0.3 is 5.97 Å². The molecule has 1 N–H and O–H groups in total. The van der Waals surface area contributed by atoms with Gasteiger partial charge in [-0.3, -0.25) is 14.6 Å². The number of aryl methyl sites for hydroxylation is 1. The highest BCUT2D eigenvalue weighted by atomic mass is 16.5. The molecule has 8 nitrogen and oxygen atoms in total. The normalized spacial score (nSPS) is 11.8. The van der Waals surface area contributed by atoms with Crippen LogP contribution >= 0.6 is 0 Å². The first kappa shape index (κ1) is 21.2. The van der Waals surface area contributed by atoms with Crippen LogP contribution in [0.25, 0.3) is 11.4 Å². The third kappa shape index (κ3) is 6.23. The predicted octanol–water partition coefficient (Wildman–Crippen LogP) is 3.26. The van der Waals surface area contributed by atoms with Gasteiger partial charge in [0.1, 0.15) is 0 Å². The number of hydrogen-bond donors (Lipinski definition) is 1. The monoisotopic (exact) mass is 408 g/mol. The third-order valence-electron chi connectivity index (χ3n) is 4.23. The standard InChI is InChI=1S/C22H24N4O4/c1-15(2)29-21(28)13-18(16-7-4-3-5-8-16)24-19(27)10-11-20-25-22(26-30-20)17-9-6-12-23-14-17/h3-9,12,14-15,18H,10-11,13H2,1-2H3,(H,24,27). The van der Waals surface area contributed by atoms with Crippen molar-refractivity contribution in [1.82, 2.24) is 20.4 Å². The highest BCUT2D eigenvalue weighted by molar-refractivity contribution is 5.78. The van der Waals surface area contributed by atoms with E-state index in [2.05, 4.69) is 20.4 Å². The summed E-state index contributed by atoms with van der Waals surface area (Å²) in [5.41, 5.74) is 1.58. The molecule has 0 saturated carbocycles. The molecule has 30 heavy (non-hydrogen) atoms. The smallest absolute Gasteiger partial charge is 0.308 e. The Kier molecular flexibility index (Phi) is 7.26. The summed E-state index contributed by atoms with van der Waals surface area (Å²) in [6.07, 6.45) is 3.58. The molecular formula is C22H24N4O4. The lowest BCUT2D eigenvalue weighted by molar-refractivity contribution is -0.148. The number of nitrogens with zero attached hydrogens (tertiary/aromatic N) is 3. The molecule has 156 valence electrons. The van der Waals surface area contributed by atoms with Crippen LogP contribution in [-0.4, -0.2) is 33.1 Å². The van der Waals surface area contributed by atoms with E-state index in [1.165, 1.54) is 0 Å². The van der Waals surface area contributed by atoms with Crippen LogP contribution in [0.5, 0.6) is 0 Å². The number of ether oxygens (including phenoxy) is 1. The minimum atomic E-state index is -0.474. The Bertz CT molecular complexity index is 958. The van der Waals surface area contributed by atoms with Crippen molar-refractivity contribution in [1.29, 1.82) is 0 Å². The highest BCUT2D eigenvalue weighted by Crippen LogP contribution is 2.19. The number of carbonyl (C=O) groups excluding carboxylic acids is 2. The van der Waals surface area contributed by atoms with Gasteiger partial charge in [-0.15, -0.1) is 0 Å². The lowest BCUT2D eigenvalue weighted by Crippen LogP contribution is -2.31. The van der Waals surface area contributed by atoms with E-state index in [-0.39, 0.29) is 37.2 Å². The number of pyridine rings is 1. The molecule has 3 aromatic rings. The van der Waals surface area contributed by atoms with Crippen molar-refractivity contribution in [3.05, 3.63) is 66.3 Å². The maximum atomic E-state index is 12.5. The summed E-state index contributed by atoms with van der Waals surface area (Å²) < 4.78 is 10.5. The quantitative estimate of drug-likeness (QED) is 0.542. The van der Waals surface area contributed by atoms with Gasteiger partial charge in [0.15, 0.2) is 0 Å². The van der Waals surface area contributed by atoms with Crippen LogP contribution in [0.4, 0.5) is 0 Å². The average Bonchev–Trinajstić information content (AvgIpc) is 3.22. The van der Waals surface area contributed by atoms with Gasteiger partial charge in [0.25, 0.3) is 0 Å². The molecular weight excluding hydrogens is 384 g/mol. The molecule has 0 fully saturated rings. The van der Waals surface area contributed by atoms with E-state index in [4.69, 9.17) is 9.26 Å². The number of amides is 1. The van der Waals surface area contributed by atoms with Gasteiger partial charge in [-0.1, -0.05) is 35.5 Å². The van der Waals surface area contributed by atoms with Crippen LogP contribution in [0.1, 0.15) is 44.2 Å². The van der Waals surface area contributed by atoms with Gasteiger partial charge in [0, 0.05) is 30.8 Å². The number of rotatable bonds is 9. The Morgan fingerprint density at radius 3 is 2.63 bits per heavy atom. The molecule has 1 aromatic carbocycles. The zero-order chi connectivity index (χ0) is 21.3. The zero-order valence-corrected chi connectivity index (χ0v) is 16.9. The van der Waals surface area contributed by atoms with Gasteiger partial charge in [-0.2, -0.15) is 4.98 Å². The second kappa shape index (κ2) is 10.3. The van der Waals surface area contributed by atoms with E-state index in [1.807, 2.05) is 36.4 Å². The maximum absolute atomic E-state index is 12.5. The van der Waals surface area contributed by atoms with Gasteiger partial charge in [0.05, 0.1) is 18.6 Å². The van der Waals surface area contributed by atoms with Crippen molar-refractivity contribution >= 4 is 11.9 Å². The van der Waals surface area contributed by atoms with E-state index in [9.17, 15) is 9.59 Å². The fourth-order valence-corrected chi connectivity index (χ4v) is 2.87. The first-order chi connectivity index (χ1) is 14.5. The lowest BCUT2D eigenvalue weighted by atomic mass is 10.0. The molecule has 0 spiro atoms. The van der Waals surface area contributed by atoms with Crippen LogP contribution in [-0.2, 0) is 20.7 Å². The second-order valence-electron chi connectivity index (χ2n) is 7.03. The number of esters is 1. The number of carbonyl (C=O) groups is 2. The molecule has 0 aliphatic heterocycles. The molecule has 0 radical (unpaired) electrons. The minimum absolute atomic E-state index is 0.0552. The van der Waals surface area contributed by atoms with Crippen molar-refractivity contribution in [2.45, 2.75) is 45.3 Å². The molecule has 1 unspecified atom stereocenters. The van der Waals surface area contributed by atoms with E-state index < -0.39 is 6.04 Å². The molecule has 8 heteroatoms. The van der Waals surface area contributed by atoms with Crippen molar-refractivity contribution < 1.29 is 18.8 Å². The molecule has 2 heterocycles. The fourth-order valence-electron chi connectivity index (χ4n) is 2.87. The minimum Gasteiger partial charge on any atom is -0.463 e. The van der Waals surface area contributed by atoms with Crippen molar-refractivity contribution in [3.63, 3.8) is 0 Å². The van der Waals surface area contributed by atoms with Crippen LogP contribution in [0.15, 0.2) is 59.4 Å². The number of nitrogens with one attached hydrogen (secondary N) is 1. The van der Waals surface area contributed by atoms with Crippen molar-refractivity contribution in [2.75, 3.05) is 0 Å². The Morgan fingerprint density at radius 2 is 1.93 bits per heavy atom. The van der Waals surface area contributed by atoms with Gasteiger partial charge in [0.2, 0.25) is 17.6 Å². The largest absolute Gasteiger partial charge is 0.463 e. The first-order valence-corrected chi connectivity index (χ1v) is 9.78. The van der Waals surface area contributed by atoms with Gasteiger partial charge < -0.3 is 14.6 Å². The Morgan fingerprint density at radius 1 is 1.13 bits per heavy atom. The summed E-state index contributed by atoms with van der Waals surface area (Å²) >= 11 is 0. The molecule has 2 aromatic heterocycles. The Labute approximate surface area is 174 Å². The topological polar surface area (TPSA) is 107 Å². The van der Waals surface area contributed by atoms with Gasteiger partial charge in [-0.05, 0) is 31.5 Å². The molecule has 1 atom stereocenters. The summed E-state index contributed by atoms with van der Waals surface area (Å²) in [5.74, 6) is 0.205. The van der Waals surface area contributed by atoms with E-state index in [1.54, 1.807) is 32.3 Å². The second-order valence-corrected chi connectivity index (χ2v) is 7.03. The average molecular weight is 408 g/mol. The molecule has 0 bridgehead atoms. The van der Waals surface area contributed by atoms with E-state index in [0.29, 0.717) is 11.7 Å². The Hall–Kier alpha value is -3.55. The summed E-state index contributed by atoms with van der Waals surface area (Å²) in [4.78, 5) is 33.0. The summed E-state index contributed by atoms with van der Waals surface area (Å²) in [5, 5.41) is 6.83. The summed E-state index contributed by atoms with van der Waals surface area (Å²) in [6.45, 7) is 3.58. The van der Waals surface area contributed by atoms with Crippen LogP contribution in [0, 0.1) is 0 Å². The molecule has 3 rings (SSSR count). The lowest BCUT2D eigenvalue weighted by Gasteiger charge is -2.19. The summed E-state index contributed by atoms with van der Waals surface area (Å²) in [7, 11) is 0. The third-order valence-corrected chi connectivity index (χ3v) is 4.23. The Balaban J connectivity index is 1.59. The molecule has 0 saturated heterocycles. The summed E-state index contributed by atoms with van der Waals surface area (Å²) in [6, 6.07) is 12.5. The number of aromatic nitrogens is 3. The van der Waals surface area contributed by atoms with E-state index >= 15 is 0 Å². The number of hydrogen-bond acceptors (Lipinski definition) is 7. The van der Waals surface area contributed by atoms with Crippen LogP contribution < -0.4 is 5.32 Å². The number of benzene rings is 1. The van der Waals surface area contributed by atoms with Gasteiger partial charge in [-0.25, -0.2) is 0 Å². The molecule has 0 aliphatic rings. The highest BCUT2D eigenvalue weighted by Gasteiger charge is 2.20. The molecule has 1 amide bonds. The maximum Gasteiger partial charge on any atom is 0.308 e. The van der Waals surface area contributed by atoms with Crippen LogP contribution in [0.2, 0.25) is 0 Å². The predicted molar refractivity (Wildman–Crippen MR) is 109 cm³/mol. The van der Waals surface area contributed by atoms with E-state index in [0.717, 1.165) is 11.1 Å². The molecule has 0 aliphatic carbocycles. The SMILES string of the molecule is CC(C)OC(=O)CC(NC(=O)CCc1nc(-c2cccnc2)no1)c1ccccc1. The zero-order valence-electron chi connectivity index (χ0n) is 16.9. The fraction of sp³-hybridized carbons (Fsp3) is 0.318. The van der Waals surface area contributed by atoms with Crippen LogP contribution in [0.3, 0.4) is 0 Å².